The minimum Gasteiger partial charge on any atom is -0.481 e. The minimum atomic E-state index is -0.849. The SMILES string of the molecule is CC(C)(C)CCCCNC(=O)C1CC1C(=O)O. The molecule has 0 radical (unpaired) electrons. The molecule has 1 aliphatic carbocycles. The first-order valence-electron chi connectivity index (χ1n) is 6.32. The third-order valence-corrected chi connectivity index (χ3v) is 3.10. The molecule has 0 aromatic heterocycles. The van der Waals surface area contributed by atoms with E-state index in [1.165, 1.54) is 0 Å². The molecule has 0 aliphatic heterocycles. The Balaban J connectivity index is 2.04. The largest absolute Gasteiger partial charge is 0.481 e. The Hall–Kier alpha value is -1.06. The predicted octanol–water partition coefficient (Wildman–Crippen LogP) is 2.04. The van der Waals surface area contributed by atoms with Gasteiger partial charge in [-0.25, -0.2) is 0 Å². The second-order valence-corrected chi connectivity index (χ2v) is 6.10. The molecule has 0 spiro atoms. The minimum absolute atomic E-state index is 0.0897. The van der Waals surface area contributed by atoms with E-state index in [0.717, 1.165) is 19.3 Å². The molecule has 1 saturated carbocycles. The van der Waals surface area contributed by atoms with E-state index >= 15 is 0 Å². The first-order chi connectivity index (χ1) is 7.81. The van der Waals surface area contributed by atoms with Crippen molar-refractivity contribution in [3.8, 4) is 0 Å². The molecular formula is C13H23NO3. The molecule has 0 aromatic carbocycles. The van der Waals surface area contributed by atoms with Crippen molar-refractivity contribution < 1.29 is 14.7 Å². The summed E-state index contributed by atoms with van der Waals surface area (Å²) in [5.74, 6) is -1.66. The zero-order chi connectivity index (χ0) is 13.1. The maximum Gasteiger partial charge on any atom is 0.307 e. The zero-order valence-corrected chi connectivity index (χ0v) is 11.0. The fourth-order valence-corrected chi connectivity index (χ4v) is 1.88. The van der Waals surface area contributed by atoms with Crippen LogP contribution in [0.5, 0.6) is 0 Å². The maximum atomic E-state index is 11.5. The summed E-state index contributed by atoms with van der Waals surface area (Å²) in [5, 5.41) is 11.5. The van der Waals surface area contributed by atoms with Crippen molar-refractivity contribution in [1.82, 2.24) is 5.32 Å². The molecule has 4 nitrogen and oxygen atoms in total. The Labute approximate surface area is 103 Å². The van der Waals surface area contributed by atoms with Crippen LogP contribution in [-0.2, 0) is 9.59 Å². The van der Waals surface area contributed by atoms with E-state index in [1.54, 1.807) is 0 Å². The van der Waals surface area contributed by atoms with Gasteiger partial charge in [-0.3, -0.25) is 9.59 Å². The molecule has 0 heterocycles. The zero-order valence-electron chi connectivity index (χ0n) is 11.0. The van der Waals surface area contributed by atoms with Crippen LogP contribution in [0.2, 0.25) is 0 Å². The van der Waals surface area contributed by atoms with Gasteiger partial charge in [-0.05, 0) is 24.7 Å². The van der Waals surface area contributed by atoms with E-state index < -0.39 is 11.9 Å². The number of carboxylic acid groups (broad SMARTS) is 1. The summed E-state index contributed by atoms with van der Waals surface area (Å²) in [4.78, 5) is 22.1. The maximum absolute atomic E-state index is 11.5. The van der Waals surface area contributed by atoms with Gasteiger partial charge < -0.3 is 10.4 Å². The topological polar surface area (TPSA) is 66.4 Å². The number of amides is 1. The third kappa shape index (κ3) is 5.20. The molecule has 1 fully saturated rings. The van der Waals surface area contributed by atoms with Crippen LogP contribution in [-0.4, -0.2) is 23.5 Å². The highest BCUT2D eigenvalue weighted by Gasteiger charge is 2.48. The molecule has 98 valence electrons. The second kappa shape index (κ2) is 5.52. The highest BCUT2D eigenvalue weighted by molar-refractivity contribution is 5.89. The quantitative estimate of drug-likeness (QED) is 0.699. The Bertz CT molecular complexity index is 294. The van der Waals surface area contributed by atoms with Crippen LogP contribution >= 0.6 is 0 Å². The summed E-state index contributed by atoms with van der Waals surface area (Å²) in [6, 6.07) is 0. The van der Waals surface area contributed by atoms with Crippen molar-refractivity contribution in [1.29, 1.82) is 0 Å². The number of hydrogen-bond acceptors (Lipinski definition) is 2. The molecule has 2 N–H and O–H groups in total. The van der Waals surface area contributed by atoms with Gasteiger partial charge in [0.2, 0.25) is 5.91 Å². The lowest BCUT2D eigenvalue weighted by atomic mass is 9.90. The average Bonchev–Trinajstić information content (AvgIpc) is 2.94. The number of carboxylic acids is 1. The van der Waals surface area contributed by atoms with E-state index in [-0.39, 0.29) is 11.8 Å². The number of carbonyl (C=O) groups excluding carboxylic acids is 1. The fourth-order valence-electron chi connectivity index (χ4n) is 1.88. The lowest BCUT2D eigenvalue weighted by Crippen LogP contribution is -2.27. The lowest BCUT2D eigenvalue weighted by Gasteiger charge is -2.17. The number of nitrogens with one attached hydrogen (secondary N) is 1. The van der Waals surface area contributed by atoms with Crippen LogP contribution in [0.3, 0.4) is 0 Å². The molecule has 1 aliphatic rings. The summed E-state index contributed by atoms with van der Waals surface area (Å²) < 4.78 is 0. The molecule has 2 unspecified atom stereocenters. The van der Waals surface area contributed by atoms with Crippen molar-refractivity contribution in [3.05, 3.63) is 0 Å². The van der Waals surface area contributed by atoms with Crippen LogP contribution in [0.1, 0.15) is 46.5 Å². The predicted molar refractivity (Wildman–Crippen MR) is 65.5 cm³/mol. The molecule has 1 amide bonds. The van der Waals surface area contributed by atoms with E-state index in [9.17, 15) is 9.59 Å². The lowest BCUT2D eigenvalue weighted by molar-refractivity contribution is -0.140. The van der Waals surface area contributed by atoms with E-state index in [2.05, 4.69) is 26.1 Å². The van der Waals surface area contributed by atoms with Crippen LogP contribution in [0, 0.1) is 17.3 Å². The number of aliphatic carboxylic acids is 1. The molecule has 4 heteroatoms. The summed E-state index contributed by atoms with van der Waals surface area (Å²) in [7, 11) is 0. The third-order valence-electron chi connectivity index (χ3n) is 3.10. The highest BCUT2D eigenvalue weighted by atomic mass is 16.4. The van der Waals surface area contributed by atoms with Gasteiger partial charge in [0.25, 0.3) is 0 Å². The first kappa shape index (κ1) is 14.0. The van der Waals surface area contributed by atoms with Gasteiger partial charge in [-0.1, -0.05) is 27.2 Å². The molecule has 0 aromatic rings. The summed E-state index contributed by atoms with van der Waals surface area (Å²) in [6.45, 7) is 7.27. The summed E-state index contributed by atoms with van der Waals surface area (Å²) >= 11 is 0. The van der Waals surface area contributed by atoms with Gasteiger partial charge in [-0.15, -0.1) is 0 Å². The van der Waals surface area contributed by atoms with Gasteiger partial charge in [0.15, 0.2) is 0 Å². The van der Waals surface area contributed by atoms with E-state index in [0.29, 0.717) is 18.4 Å². The first-order valence-corrected chi connectivity index (χ1v) is 6.32. The van der Waals surface area contributed by atoms with E-state index in [1.807, 2.05) is 0 Å². The van der Waals surface area contributed by atoms with Gasteiger partial charge in [0, 0.05) is 6.54 Å². The Morgan fingerprint density at radius 3 is 2.35 bits per heavy atom. The molecule has 17 heavy (non-hydrogen) atoms. The molecular weight excluding hydrogens is 218 g/mol. The number of carbonyl (C=O) groups is 2. The van der Waals surface area contributed by atoms with Crippen molar-refractivity contribution in [2.24, 2.45) is 17.3 Å². The molecule has 1 rings (SSSR count). The standard InChI is InChI=1S/C13H23NO3/c1-13(2,3)6-4-5-7-14-11(15)9-8-10(9)12(16)17/h9-10H,4-8H2,1-3H3,(H,14,15)(H,16,17). The van der Waals surface area contributed by atoms with Gasteiger partial charge in [-0.2, -0.15) is 0 Å². The Morgan fingerprint density at radius 1 is 1.24 bits per heavy atom. The number of unbranched alkanes of at least 4 members (excludes halogenated alkanes) is 1. The van der Waals surface area contributed by atoms with Crippen LogP contribution in [0.4, 0.5) is 0 Å². The van der Waals surface area contributed by atoms with Gasteiger partial charge >= 0.3 is 5.97 Å². The smallest absolute Gasteiger partial charge is 0.307 e. The van der Waals surface area contributed by atoms with E-state index in [4.69, 9.17) is 5.11 Å². The summed E-state index contributed by atoms with van der Waals surface area (Å²) in [6.07, 6.45) is 3.71. The Kier molecular flexibility index (Phi) is 4.54. The van der Waals surface area contributed by atoms with Crippen molar-refractivity contribution >= 4 is 11.9 Å². The summed E-state index contributed by atoms with van der Waals surface area (Å²) in [5.41, 5.74) is 0.342. The van der Waals surface area contributed by atoms with Crippen molar-refractivity contribution in [3.63, 3.8) is 0 Å². The van der Waals surface area contributed by atoms with Gasteiger partial charge in [0.05, 0.1) is 11.8 Å². The number of rotatable bonds is 6. The fraction of sp³-hybridized carbons (Fsp3) is 0.846. The number of hydrogen-bond donors (Lipinski definition) is 2. The average molecular weight is 241 g/mol. The monoisotopic (exact) mass is 241 g/mol. The molecule has 2 atom stereocenters. The Morgan fingerprint density at radius 2 is 1.88 bits per heavy atom. The molecule has 0 bridgehead atoms. The normalized spacial score (nSPS) is 23.2. The van der Waals surface area contributed by atoms with Crippen LogP contribution in [0.15, 0.2) is 0 Å². The van der Waals surface area contributed by atoms with Gasteiger partial charge in [0.1, 0.15) is 0 Å². The molecule has 0 saturated heterocycles. The van der Waals surface area contributed by atoms with Crippen LogP contribution < -0.4 is 5.32 Å². The van der Waals surface area contributed by atoms with Crippen molar-refractivity contribution in [2.45, 2.75) is 46.5 Å². The van der Waals surface area contributed by atoms with Crippen LogP contribution in [0.25, 0.3) is 0 Å². The second-order valence-electron chi connectivity index (χ2n) is 6.10. The highest BCUT2D eigenvalue weighted by Crippen LogP contribution is 2.38. The van der Waals surface area contributed by atoms with Crippen molar-refractivity contribution in [2.75, 3.05) is 6.54 Å².